The molecule has 7 heteroatoms. The Bertz CT molecular complexity index is 1230. The van der Waals surface area contributed by atoms with Crippen molar-refractivity contribution in [3.05, 3.63) is 53.6 Å². The van der Waals surface area contributed by atoms with Gasteiger partial charge in [-0.05, 0) is 45.1 Å². The van der Waals surface area contributed by atoms with Crippen LogP contribution < -0.4 is 0 Å². The van der Waals surface area contributed by atoms with Gasteiger partial charge < -0.3 is 13.9 Å². The fraction of sp³-hybridized carbons (Fsp3) is 0.333. The molecular formula is C21H20N6O. The summed E-state index contributed by atoms with van der Waals surface area (Å²) in [6, 6.07) is 8.19. The van der Waals surface area contributed by atoms with E-state index in [1.807, 2.05) is 31.3 Å². The van der Waals surface area contributed by atoms with Crippen LogP contribution >= 0.6 is 0 Å². The average molecular weight is 372 g/mol. The van der Waals surface area contributed by atoms with Crippen molar-refractivity contribution in [1.82, 2.24) is 24.4 Å². The summed E-state index contributed by atoms with van der Waals surface area (Å²) in [5, 5.41) is 10.3. The molecule has 3 aromatic heterocycles. The molecule has 1 aliphatic heterocycles. The van der Waals surface area contributed by atoms with Crippen LogP contribution in [0.4, 0.5) is 0 Å². The number of pyridine rings is 1. The predicted molar refractivity (Wildman–Crippen MR) is 105 cm³/mol. The van der Waals surface area contributed by atoms with Gasteiger partial charge in [0.15, 0.2) is 0 Å². The molecule has 1 fully saturated rings. The van der Waals surface area contributed by atoms with Crippen molar-refractivity contribution in [3.63, 3.8) is 0 Å². The van der Waals surface area contributed by atoms with Crippen LogP contribution in [-0.4, -0.2) is 44.6 Å². The minimum atomic E-state index is 0.317. The summed E-state index contributed by atoms with van der Waals surface area (Å²) in [4.78, 5) is 16.1. The second-order valence-corrected chi connectivity index (χ2v) is 7.48. The minimum absolute atomic E-state index is 0.317. The highest BCUT2D eigenvalue weighted by Gasteiger charge is 2.27. The number of hydrogen-bond donors (Lipinski definition) is 0. The number of benzene rings is 1. The van der Waals surface area contributed by atoms with E-state index in [2.05, 4.69) is 32.6 Å². The highest BCUT2D eigenvalue weighted by atomic mass is 16.4. The molecule has 1 aliphatic rings. The second kappa shape index (κ2) is 6.43. The quantitative estimate of drug-likeness (QED) is 0.549. The number of hydrogen-bond acceptors (Lipinski definition) is 6. The fourth-order valence-electron chi connectivity index (χ4n) is 4.15. The Labute approximate surface area is 162 Å². The van der Waals surface area contributed by atoms with Crippen LogP contribution in [-0.2, 0) is 6.42 Å². The van der Waals surface area contributed by atoms with Gasteiger partial charge in [0.2, 0.25) is 5.89 Å². The van der Waals surface area contributed by atoms with Gasteiger partial charge in [0.1, 0.15) is 17.1 Å². The number of aromatic nitrogens is 4. The van der Waals surface area contributed by atoms with E-state index < -0.39 is 0 Å². The van der Waals surface area contributed by atoms with Gasteiger partial charge in [-0.1, -0.05) is 0 Å². The number of aryl methyl sites for hydroxylation is 1. The topological polar surface area (TPSA) is 83.8 Å². The van der Waals surface area contributed by atoms with Crippen molar-refractivity contribution in [2.75, 3.05) is 20.1 Å². The van der Waals surface area contributed by atoms with E-state index in [1.54, 1.807) is 6.20 Å². The normalized spacial score (nSPS) is 17.5. The first-order valence-corrected chi connectivity index (χ1v) is 9.42. The zero-order chi connectivity index (χ0) is 19.3. The summed E-state index contributed by atoms with van der Waals surface area (Å²) in [6.45, 7) is 3.91. The summed E-state index contributed by atoms with van der Waals surface area (Å²) in [5.41, 5.74) is 3.39. The molecule has 1 atom stereocenters. The van der Waals surface area contributed by atoms with E-state index in [-0.39, 0.29) is 0 Å². The lowest BCUT2D eigenvalue weighted by molar-refractivity contribution is 0.391. The van der Waals surface area contributed by atoms with E-state index in [0.717, 1.165) is 53.0 Å². The Hall–Kier alpha value is -3.24. The molecule has 0 amide bonds. The molecule has 1 aromatic carbocycles. The Morgan fingerprint density at radius 3 is 2.86 bits per heavy atom. The number of nitrogens with zero attached hydrogens (tertiary/aromatic N) is 6. The first-order chi connectivity index (χ1) is 13.6. The molecular weight excluding hydrogens is 352 g/mol. The molecule has 0 unspecified atom stereocenters. The summed E-state index contributed by atoms with van der Waals surface area (Å²) in [6.07, 6.45) is 5.15. The number of likely N-dealkylation sites (tertiary alicyclic amines) is 1. The molecule has 1 saturated heterocycles. The highest BCUT2D eigenvalue weighted by Crippen LogP contribution is 2.32. The van der Waals surface area contributed by atoms with E-state index in [0.29, 0.717) is 23.9 Å². The summed E-state index contributed by atoms with van der Waals surface area (Å²) >= 11 is 0. The van der Waals surface area contributed by atoms with Gasteiger partial charge in [-0.15, -0.1) is 0 Å². The highest BCUT2D eigenvalue weighted by molar-refractivity contribution is 6.02. The van der Waals surface area contributed by atoms with Crippen molar-refractivity contribution >= 4 is 21.9 Å². The van der Waals surface area contributed by atoms with Crippen molar-refractivity contribution in [2.24, 2.45) is 0 Å². The number of rotatable bonds is 3. The molecule has 0 radical (unpaired) electrons. The molecule has 0 spiro atoms. The van der Waals surface area contributed by atoms with Crippen LogP contribution in [0.15, 0.2) is 35.0 Å². The maximum Gasteiger partial charge on any atom is 0.201 e. The third kappa shape index (κ3) is 2.74. The molecule has 0 N–H and O–H groups in total. The molecule has 4 aromatic rings. The van der Waals surface area contributed by atoms with Crippen LogP contribution in [0, 0.1) is 18.3 Å². The van der Waals surface area contributed by atoms with Crippen LogP contribution in [0.25, 0.3) is 21.9 Å². The molecule has 28 heavy (non-hydrogen) atoms. The van der Waals surface area contributed by atoms with E-state index in [9.17, 15) is 5.26 Å². The molecule has 0 aliphatic carbocycles. The lowest BCUT2D eigenvalue weighted by Crippen LogP contribution is -2.18. The Morgan fingerprint density at radius 2 is 2.14 bits per heavy atom. The predicted octanol–water partition coefficient (Wildman–Crippen LogP) is 3.22. The first kappa shape index (κ1) is 16.9. The van der Waals surface area contributed by atoms with Gasteiger partial charge in [-0.25, -0.2) is 9.97 Å². The summed E-state index contributed by atoms with van der Waals surface area (Å²) in [7, 11) is 2.14. The van der Waals surface area contributed by atoms with Gasteiger partial charge in [-0.3, -0.25) is 4.98 Å². The van der Waals surface area contributed by atoms with Crippen LogP contribution in [0.3, 0.4) is 0 Å². The number of fused-ring (bicyclic) bond motifs is 3. The average Bonchev–Trinajstić information content (AvgIpc) is 3.39. The molecule has 5 rings (SSSR count). The Kier molecular flexibility index (Phi) is 3.88. The van der Waals surface area contributed by atoms with Gasteiger partial charge >= 0.3 is 0 Å². The van der Waals surface area contributed by atoms with Crippen molar-refractivity contribution < 1.29 is 4.42 Å². The van der Waals surface area contributed by atoms with Crippen LogP contribution in [0.2, 0.25) is 0 Å². The summed E-state index contributed by atoms with van der Waals surface area (Å²) in [5.74, 6) is 2.38. The molecule has 140 valence electrons. The van der Waals surface area contributed by atoms with E-state index >= 15 is 0 Å². The third-order valence-corrected chi connectivity index (χ3v) is 5.43. The third-order valence-electron chi connectivity index (χ3n) is 5.43. The van der Waals surface area contributed by atoms with Crippen LogP contribution in [0.1, 0.15) is 35.5 Å². The monoisotopic (exact) mass is 372 g/mol. The molecule has 0 bridgehead atoms. The number of likely N-dealkylation sites (N-methyl/N-ethyl adjacent to an activating group) is 1. The second-order valence-electron chi connectivity index (χ2n) is 7.48. The fourth-order valence-corrected chi connectivity index (χ4v) is 4.15. The standard InChI is InChI=1S/C21H20N6O/c1-13-10-24-20(28-13)8-19-25-18-11-23-17-4-3-14(9-22)7-16(17)21(18)27(19)15-5-6-26(2)12-15/h3-4,7,10-11,15H,5-6,8,12H2,1-2H3/t15-/m1/s1. The smallest absolute Gasteiger partial charge is 0.201 e. The zero-order valence-corrected chi connectivity index (χ0v) is 15.9. The Morgan fingerprint density at radius 1 is 1.25 bits per heavy atom. The van der Waals surface area contributed by atoms with E-state index in [4.69, 9.17) is 9.40 Å². The van der Waals surface area contributed by atoms with Crippen LogP contribution in [0.5, 0.6) is 0 Å². The van der Waals surface area contributed by atoms with E-state index in [1.165, 1.54) is 0 Å². The maximum atomic E-state index is 9.37. The minimum Gasteiger partial charge on any atom is -0.446 e. The largest absolute Gasteiger partial charge is 0.446 e. The van der Waals surface area contributed by atoms with Gasteiger partial charge in [-0.2, -0.15) is 5.26 Å². The van der Waals surface area contributed by atoms with Gasteiger partial charge in [0.05, 0.1) is 41.5 Å². The Balaban J connectivity index is 1.76. The molecule has 0 saturated carbocycles. The maximum absolute atomic E-state index is 9.37. The number of nitriles is 1. The van der Waals surface area contributed by atoms with Crippen molar-refractivity contribution in [1.29, 1.82) is 5.26 Å². The SMILES string of the molecule is Cc1cnc(Cc2nc3cnc4ccc(C#N)cc4c3n2[C@@H]2CCN(C)C2)o1. The number of imidazole rings is 1. The molecule has 7 nitrogen and oxygen atoms in total. The zero-order valence-electron chi connectivity index (χ0n) is 15.9. The lowest BCUT2D eigenvalue weighted by Gasteiger charge is -2.17. The van der Waals surface area contributed by atoms with Crippen molar-refractivity contribution in [3.8, 4) is 6.07 Å². The summed E-state index contributed by atoms with van der Waals surface area (Å²) < 4.78 is 8.04. The van der Waals surface area contributed by atoms with Gasteiger partial charge in [0.25, 0.3) is 0 Å². The van der Waals surface area contributed by atoms with Crippen molar-refractivity contribution in [2.45, 2.75) is 25.8 Å². The lowest BCUT2D eigenvalue weighted by atomic mass is 10.1. The first-order valence-electron chi connectivity index (χ1n) is 9.42. The number of oxazole rings is 1. The molecule has 4 heterocycles. The van der Waals surface area contributed by atoms with Gasteiger partial charge in [0, 0.05) is 18.0 Å².